The Kier molecular flexibility index (Phi) is 8.97. The van der Waals surface area contributed by atoms with E-state index in [4.69, 9.17) is 9.53 Å². The second-order valence-corrected chi connectivity index (χ2v) is 9.81. The van der Waals surface area contributed by atoms with E-state index in [1.54, 1.807) is 12.5 Å². The predicted molar refractivity (Wildman–Crippen MR) is 160 cm³/mol. The third-order valence-corrected chi connectivity index (χ3v) is 7.09. The molecular weight excluding hydrogens is 520 g/mol. The number of rotatable bonds is 8. The molecule has 0 unspecified atom stereocenters. The average molecular weight is 555 g/mol. The van der Waals surface area contributed by atoms with E-state index < -0.39 is 0 Å². The molecule has 5 heterocycles. The van der Waals surface area contributed by atoms with Gasteiger partial charge in [0.15, 0.2) is 0 Å². The van der Waals surface area contributed by atoms with Crippen LogP contribution in [0.5, 0.6) is 0 Å². The Labute approximate surface area is 238 Å². The van der Waals surface area contributed by atoms with Gasteiger partial charge < -0.3 is 30.2 Å². The first kappa shape index (κ1) is 27.9. The number of likely N-dealkylation sites (N-methyl/N-ethyl adjacent to an activating group) is 1. The van der Waals surface area contributed by atoms with Gasteiger partial charge in [0.1, 0.15) is 24.1 Å². The molecule has 0 radical (unpaired) electrons. The van der Waals surface area contributed by atoms with Crippen LogP contribution in [-0.2, 0) is 20.7 Å². The number of aromatic nitrogens is 4. The van der Waals surface area contributed by atoms with Crippen LogP contribution in [0.15, 0.2) is 67.6 Å². The molecule has 0 bridgehead atoms. The molecule has 11 heteroatoms. The predicted octanol–water partition coefficient (Wildman–Crippen LogP) is 2.82. The average Bonchev–Trinajstić information content (AvgIpc) is 3.42. The zero-order valence-corrected chi connectivity index (χ0v) is 23.0. The molecule has 0 spiro atoms. The monoisotopic (exact) mass is 554 g/mol. The molecule has 0 aliphatic carbocycles. The second-order valence-electron chi connectivity index (χ2n) is 9.81. The Morgan fingerprint density at radius 3 is 2.56 bits per heavy atom. The zero-order valence-electron chi connectivity index (χ0n) is 23.0. The van der Waals surface area contributed by atoms with Gasteiger partial charge in [-0.1, -0.05) is 18.7 Å². The van der Waals surface area contributed by atoms with E-state index >= 15 is 0 Å². The lowest BCUT2D eigenvalue weighted by Crippen LogP contribution is -2.57. The summed E-state index contributed by atoms with van der Waals surface area (Å²) in [7, 11) is 1.98. The maximum absolute atomic E-state index is 12.7. The third-order valence-electron chi connectivity index (χ3n) is 7.09. The second kappa shape index (κ2) is 13.2. The summed E-state index contributed by atoms with van der Waals surface area (Å²) in [5.74, 6) is 0.832. The molecule has 212 valence electrons. The fraction of sp³-hybridized carbons (Fsp3) is 0.300. The molecule has 6 rings (SSSR count). The number of hydrogen-bond donors (Lipinski definition) is 3. The number of nitrogens with zero attached hydrogens (tertiary/aromatic N) is 5. The Balaban J connectivity index is 0.000000794. The fourth-order valence-electron chi connectivity index (χ4n) is 4.84. The number of ether oxygens (including phenoxy) is 1. The first-order valence-corrected chi connectivity index (χ1v) is 13.6. The van der Waals surface area contributed by atoms with Gasteiger partial charge >= 0.3 is 0 Å². The van der Waals surface area contributed by atoms with Crippen LogP contribution in [0.25, 0.3) is 22.3 Å². The zero-order chi connectivity index (χ0) is 28.6. The lowest BCUT2D eigenvalue weighted by molar-refractivity contribution is -0.115. The highest BCUT2D eigenvalue weighted by atomic mass is 16.5. The Hall–Kier alpha value is -4.61. The van der Waals surface area contributed by atoms with E-state index in [2.05, 4.69) is 53.0 Å². The number of morpholine rings is 1. The van der Waals surface area contributed by atoms with Crippen molar-refractivity contribution in [2.45, 2.75) is 12.5 Å². The van der Waals surface area contributed by atoms with E-state index in [0.717, 1.165) is 71.4 Å². The van der Waals surface area contributed by atoms with Gasteiger partial charge in [-0.15, -0.1) is 0 Å². The first-order valence-electron chi connectivity index (χ1n) is 13.6. The van der Waals surface area contributed by atoms with Crippen molar-refractivity contribution in [3.05, 3.63) is 73.3 Å². The van der Waals surface area contributed by atoms with Gasteiger partial charge in [-0.3, -0.25) is 14.6 Å². The van der Waals surface area contributed by atoms with Crippen LogP contribution in [0.2, 0.25) is 0 Å². The summed E-state index contributed by atoms with van der Waals surface area (Å²) < 4.78 is 5.48. The molecule has 0 atom stereocenters. The highest BCUT2D eigenvalue weighted by molar-refractivity contribution is 5.94. The summed E-state index contributed by atoms with van der Waals surface area (Å²) in [6.07, 6.45) is 5.43. The van der Waals surface area contributed by atoms with E-state index in [1.165, 1.54) is 6.08 Å². The minimum absolute atomic E-state index is 0.0925. The number of aldehydes is 1. The number of carbonyl (C=O) groups is 2. The minimum Gasteiger partial charge on any atom is -0.378 e. The molecule has 4 aromatic rings. The number of aromatic amines is 1. The number of amides is 1. The van der Waals surface area contributed by atoms with Crippen molar-refractivity contribution in [3.8, 4) is 11.3 Å². The third kappa shape index (κ3) is 6.76. The van der Waals surface area contributed by atoms with E-state index in [-0.39, 0.29) is 12.3 Å². The Bertz CT molecular complexity index is 1490. The number of hydrogen-bond acceptors (Lipinski definition) is 9. The number of nitrogens with one attached hydrogen (secondary N) is 3. The summed E-state index contributed by atoms with van der Waals surface area (Å²) in [5, 5.41) is 7.26. The number of fused-ring (bicyclic) bond motifs is 1. The number of H-pyrrole nitrogens is 1. The minimum atomic E-state index is -0.0925. The van der Waals surface area contributed by atoms with Gasteiger partial charge in [-0.25, -0.2) is 9.97 Å². The molecule has 11 nitrogen and oxygen atoms in total. The fourth-order valence-corrected chi connectivity index (χ4v) is 4.84. The van der Waals surface area contributed by atoms with Crippen LogP contribution in [0.1, 0.15) is 5.69 Å². The van der Waals surface area contributed by atoms with Gasteiger partial charge in [0.25, 0.3) is 0 Å². The maximum Gasteiger partial charge on any atom is 0.230 e. The number of allylic oxidation sites excluding steroid dienone is 1. The van der Waals surface area contributed by atoms with Crippen LogP contribution in [0, 0.1) is 0 Å². The van der Waals surface area contributed by atoms with Gasteiger partial charge in [-0.05, 0) is 49.0 Å². The van der Waals surface area contributed by atoms with Crippen LogP contribution < -0.4 is 20.4 Å². The largest absolute Gasteiger partial charge is 0.378 e. The van der Waals surface area contributed by atoms with Crippen molar-refractivity contribution < 1.29 is 14.3 Å². The SMILES string of the molecule is C=CC=O.CNC1CN(c2ccnc(CC(=O)Nc3ccc(-c4cc5c(N6CCOCC6)ncnc5[nH]4)cc3)c2)C1. The quantitative estimate of drug-likeness (QED) is 0.222. The highest BCUT2D eigenvalue weighted by Crippen LogP contribution is 2.30. The standard InChI is InChI=1S/C27H30N8O2.C3H4O/c1-28-21-15-35(16-21)22-6-7-29-20(12-22)13-25(36)32-19-4-2-18(3-5-19)24-14-23-26(33-24)30-17-31-27(23)34-8-10-37-11-9-34;1-2-3-4/h2-7,12,14,17,21,28H,8-11,13,15-16H2,1H3,(H,32,36)(H,30,31,33);2-3H,1H2. The Morgan fingerprint density at radius 1 is 1.10 bits per heavy atom. The molecule has 2 aliphatic rings. The van der Waals surface area contributed by atoms with Crippen LogP contribution in [-0.4, -0.2) is 84.6 Å². The van der Waals surface area contributed by atoms with Gasteiger partial charge in [0.05, 0.1) is 30.7 Å². The summed E-state index contributed by atoms with van der Waals surface area (Å²) in [6, 6.07) is 14.4. The number of benzene rings is 1. The van der Waals surface area contributed by atoms with Crippen molar-refractivity contribution in [1.82, 2.24) is 25.3 Å². The van der Waals surface area contributed by atoms with Crippen LogP contribution >= 0.6 is 0 Å². The molecule has 2 aliphatic heterocycles. The van der Waals surface area contributed by atoms with Crippen molar-refractivity contribution >= 4 is 40.4 Å². The van der Waals surface area contributed by atoms with Crippen molar-refractivity contribution in [1.29, 1.82) is 0 Å². The lowest BCUT2D eigenvalue weighted by atomic mass is 10.1. The van der Waals surface area contributed by atoms with Gasteiger partial charge in [0, 0.05) is 55.5 Å². The van der Waals surface area contributed by atoms with E-state index in [0.29, 0.717) is 25.5 Å². The summed E-state index contributed by atoms with van der Waals surface area (Å²) in [4.78, 5) is 43.0. The lowest BCUT2D eigenvalue weighted by Gasteiger charge is -2.40. The van der Waals surface area contributed by atoms with Gasteiger partial charge in [0.2, 0.25) is 5.91 Å². The van der Waals surface area contributed by atoms with Crippen molar-refractivity contribution in [2.75, 3.05) is 61.6 Å². The normalized spacial score (nSPS) is 15.0. The number of carbonyl (C=O) groups excluding carboxylic acids is 2. The molecule has 2 fully saturated rings. The molecule has 3 N–H and O–H groups in total. The number of anilines is 3. The molecule has 1 aromatic carbocycles. The van der Waals surface area contributed by atoms with Crippen LogP contribution in [0.3, 0.4) is 0 Å². The number of pyridine rings is 1. The molecule has 2 saturated heterocycles. The van der Waals surface area contributed by atoms with E-state index in [9.17, 15) is 4.79 Å². The topological polar surface area (TPSA) is 128 Å². The van der Waals surface area contributed by atoms with Crippen molar-refractivity contribution in [3.63, 3.8) is 0 Å². The van der Waals surface area contributed by atoms with Crippen LogP contribution in [0.4, 0.5) is 17.2 Å². The van der Waals surface area contributed by atoms with Crippen molar-refractivity contribution in [2.24, 2.45) is 0 Å². The summed E-state index contributed by atoms with van der Waals surface area (Å²) in [5.41, 5.74) is 5.37. The molecule has 0 saturated carbocycles. The highest BCUT2D eigenvalue weighted by Gasteiger charge is 2.25. The molecule has 41 heavy (non-hydrogen) atoms. The summed E-state index contributed by atoms with van der Waals surface area (Å²) >= 11 is 0. The smallest absolute Gasteiger partial charge is 0.230 e. The van der Waals surface area contributed by atoms with E-state index in [1.807, 2.05) is 43.4 Å². The summed E-state index contributed by atoms with van der Waals surface area (Å²) in [6.45, 7) is 8.08. The Morgan fingerprint density at radius 2 is 1.85 bits per heavy atom. The molecule has 3 aromatic heterocycles. The maximum atomic E-state index is 12.7. The molecule has 1 amide bonds. The van der Waals surface area contributed by atoms with Gasteiger partial charge in [-0.2, -0.15) is 0 Å². The molecular formula is C30H34N8O3. The first-order chi connectivity index (χ1) is 20.1.